The lowest BCUT2D eigenvalue weighted by Crippen LogP contribution is -2.27. The molecule has 0 saturated heterocycles. The summed E-state index contributed by atoms with van der Waals surface area (Å²) >= 11 is 0. The molecule has 0 bridgehead atoms. The highest BCUT2D eigenvalue weighted by molar-refractivity contribution is 5.76. The van der Waals surface area contributed by atoms with Crippen molar-refractivity contribution in [2.45, 2.75) is 13.3 Å². The minimum absolute atomic E-state index is 0.175. The molecule has 0 saturated carbocycles. The standard InChI is InChI=1S/C12H14O3/c1-3-12(2,11(14)15)8-9-4-6-10(13)7-5-9/h3-7,13H,1,8H2,2H3,(H,14,15). The van der Waals surface area contributed by atoms with Gasteiger partial charge in [-0.25, -0.2) is 0 Å². The summed E-state index contributed by atoms with van der Waals surface area (Å²) in [5.74, 6) is -0.722. The Balaban J connectivity index is 2.89. The first-order valence-corrected chi connectivity index (χ1v) is 4.63. The molecule has 0 heterocycles. The number of carbonyl (C=O) groups is 1. The monoisotopic (exact) mass is 206 g/mol. The molecule has 15 heavy (non-hydrogen) atoms. The Morgan fingerprint density at radius 3 is 2.40 bits per heavy atom. The van der Waals surface area contributed by atoms with Crippen LogP contribution in [-0.2, 0) is 11.2 Å². The molecule has 0 amide bonds. The van der Waals surface area contributed by atoms with Crippen LogP contribution in [0.25, 0.3) is 0 Å². The molecule has 0 aromatic heterocycles. The molecule has 0 aliphatic heterocycles. The smallest absolute Gasteiger partial charge is 0.313 e. The fourth-order valence-corrected chi connectivity index (χ4v) is 1.27. The molecule has 1 unspecified atom stereocenters. The van der Waals surface area contributed by atoms with Crippen LogP contribution in [0, 0.1) is 5.41 Å². The van der Waals surface area contributed by atoms with Gasteiger partial charge in [0.1, 0.15) is 5.75 Å². The van der Waals surface area contributed by atoms with E-state index in [-0.39, 0.29) is 5.75 Å². The molecule has 80 valence electrons. The number of rotatable bonds is 4. The number of carboxylic acid groups (broad SMARTS) is 1. The van der Waals surface area contributed by atoms with Crippen LogP contribution in [0.1, 0.15) is 12.5 Å². The van der Waals surface area contributed by atoms with E-state index in [1.54, 1.807) is 31.2 Å². The molecule has 0 radical (unpaired) electrons. The molecule has 2 N–H and O–H groups in total. The van der Waals surface area contributed by atoms with Crippen molar-refractivity contribution in [3.63, 3.8) is 0 Å². The SMILES string of the molecule is C=CC(C)(Cc1ccc(O)cc1)C(=O)O. The molecule has 1 rings (SSSR count). The number of benzene rings is 1. The summed E-state index contributed by atoms with van der Waals surface area (Å²) in [6.45, 7) is 5.16. The molecule has 1 atom stereocenters. The van der Waals surface area contributed by atoms with Gasteiger partial charge in [0.15, 0.2) is 0 Å². The van der Waals surface area contributed by atoms with E-state index in [4.69, 9.17) is 10.2 Å². The highest BCUT2D eigenvalue weighted by Gasteiger charge is 2.29. The van der Waals surface area contributed by atoms with E-state index in [1.165, 1.54) is 6.08 Å². The van der Waals surface area contributed by atoms with Gasteiger partial charge >= 0.3 is 5.97 Å². The number of carboxylic acids is 1. The van der Waals surface area contributed by atoms with Crippen molar-refractivity contribution in [3.05, 3.63) is 42.5 Å². The summed E-state index contributed by atoms with van der Waals surface area (Å²) in [6.07, 6.45) is 1.80. The molecule has 0 aliphatic carbocycles. The van der Waals surface area contributed by atoms with E-state index in [0.717, 1.165) is 5.56 Å². The Morgan fingerprint density at radius 2 is 2.00 bits per heavy atom. The second-order valence-corrected chi connectivity index (χ2v) is 3.77. The summed E-state index contributed by atoms with van der Waals surface area (Å²) in [5, 5.41) is 18.1. The topological polar surface area (TPSA) is 57.5 Å². The average Bonchev–Trinajstić information content (AvgIpc) is 2.21. The maximum Gasteiger partial charge on any atom is 0.313 e. The van der Waals surface area contributed by atoms with Crippen LogP contribution in [0.4, 0.5) is 0 Å². The van der Waals surface area contributed by atoms with Crippen LogP contribution in [0.2, 0.25) is 0 Å². The third kappa shape index (κ3) is 2.59. The predicted octanol–water partition coefficient (Wildman–Crippen LogP) is 2.21. The van der Waals surface area contributed by atoms with Crippen LogP contribution in [0.3, 0.4) is 0 Å². The third-order valence-corrected chi connectivity index (χ3v) is 2.45. The summed E-state index contributed by atoms with van der Waals surface area (Å²) in [4.78, 5) is 11.0. The lowest BCUT2D eigenvalue weighted by Gasteiger charge is -2.20. The van der Waals surface area contributed by atoms with Gasteiger partial charge in [-0.05, 0) is 31.0 Å². The minimum Gasteiger partial charge on any atom is -0.508 e. The Hall–Kier alpha value is -1.77. The lowest BCUT2D eigenvalue weighted by atomic mass is 9.84. The van der Waals surface area contributed by atoms with Crippen molar-refractivity contribution < 1.29 is 15.0 Å². The van der Waals surface area contributed by atoms with E-state index in [2.05, 4.69) is 6.58 Å². The molecule has 1 aromatic rings. The van der Waals surface area contributed by atoms with E-state index in [1.807, 2.05) is 0 Å². The lowest BCUT2D eigenvalue weighted by molar-refractivity contribution is -0.145. The molecule has 0 spiro atoms. The van der Waals surface area contributed by atoms with Gasteiger partial charge in [-0.1, -0.05) is 18.2 Å². The Morgan fingerprint density at radius 1 is 1.47 bits per heavy atom. The fourth-order valence-electron chi connectivity index (χ4n) is 1.27. The number of phenolic OH excluding ortho intramolecular Hbond substituents is 1. The summed E-state index contributed by atoms with van der Waals surface area (Å²) < 4.78 is 0. The highest BCUT2D eigenvalue weighted by Crippen LogP contribution is 2.25. The van der Waals surface area contributed by atoms with Crippen LogP contribution in [-0.4, -0.2) is 16.2 Å². The quantitative estimate of drug-likeness (QED) is 0.742. The van der Waals surface area contributed by atoms with Crippen molar-refractivity contribution in [3.8, 4) is 5.75 Å². The number of hydrogen-bond donors (Lipinski definition) is 2. The number of hydrogen-bond acceptors (Lipinski definition) is 2. The first-order valence-electron chi connectivity index (χ1n) is 4.63. The summed E-state index contributed by atoms with van der Waals surface area (Å²) in [5.41, 5.74) is -0.102. The predicted molar refractivity (Wildman–Crippen MR) is 57.8 cm³/mol. The van der Waals surface area contributed by atoms with Crippen molar-refractivity contribution in [2.24, 2.45) is 5.41 Å². The highest BCUT2D eigenvalue weighted by atomic mass is 16.4. The Bertz CT molecular complexity index is 367. The second-order valence-electron chi connectivity index (χ2n) is 3.77. The number of phenols is 1. The van der Waals surface area contributed by atoms with Gasteiger partial charge in [-0.3, -0.25) is 4.79 Å². The summed E-state index contributed by atoms with van der Waals surface area (Å²) in [7, 11) is 0. The van der Waals surface area contributed by atoms with Crippen molar-refractivity contribution in [1.29, 1.82) is 0 Å². The van der Waals surface area contributed by atoms with Gasteiger partial charge in [0, 0.05) is 0 Å². The normalized spacial score (nSPS) is 14.2. The van der Waals surface area contributed by atoms with Crippen molar-refractivity contribution in [1.82, 2.24) is 0 Å². The fraction of sp³-hybridized carbons (Fsp3) is 0.250. The van der Waals surface area contributed by atoms with E-state index in [9.17, 15) is 4.79 Å². The minimum atomic E-state index is -0.961. The zero-order chi connectivity index (χ0) is 11.5. The third-order valence-electron chi connectivity index (χ3n) is 2.45. The maximum absolute atomic E-state index is 11.0. The van der Waals surface area contributed by atoms with Gasteiger partial charge < -0.3 is 10.2 Å². The maximum atomic E-state index is 11.0. The summed E-state index contributed by atoms with van der Waals surface area (Å²) in [6, 6.07) is 6.50. The molecule has 0 aliphatic rings. The van der Waals surface area contributed by atoms with E-state index < -0.39 is 11.4 Å². The Kier molecular flexibility index (Phi) is 3.14. The second kappa shape index (κ2) is 4.17. The van der Waals surface area contributed by atoms with E-state index >= 15 is 0 Å². The van der Waals surface area contributed by atoms with E-state index in [0.29, 0.717) is 6.42 Å². The zero-order valence-corrected chi connectivity index (χ0v) is 8.60. The largest absolute Gasteiger partial charge is 0.508 e. The first-order chi connectivity index (χ1) is 6.98. The van der Waals surface area contributed by atoms with Crippen LogP contribution >= 0.6 is 0 Å². The average molecular weight is 206 g/mol. The molecule has 1 aromatic carbocycles. The number of aliphatic carboxylic acids is 1. The molecule has 0 fully saturated rings. The zero-order valence-electron chi connectivity index (χ0n) is 8.60. The van der Waals surface area contributed by atoms with Crippen LogP contribution in [0.15, 0.2) is 36.9 Å². The molecular formula is C12H14O3. The Labute approximate surface area is 88.7 Å². The van der Waals surface area contributed by atoms with Crippen LogP contribution in [0.5, 0.6) is 5.75 Å². The van der Waals surface area contributed by atoms with Crippen molar-refractivity contribution in [2.75, 3.05) is 0 Å². The van der Waals surface area contributed by atoms with Gasteiger partial charge in [-0.2, -0.15) is 0 Å². The molecule has 3 nitrogen and oxygen atoms in total. The van der Waals surface area contributed by atoms with Crippen molar-refractivity contribution >= 4 is 5.97 Å². The van der Waals surface area contributed by atoms with Gasteiger partial charge in [0.2, 0.25) is 0 Å². The van der Waals surface area contributed by atoms with Gasteiger partial charge in [0.25, 0.3) is 0 Å². The molecular weight excluding hydrogens is 192 g/mol. The van der Waals surface area contributed by atoms with Gasteiger partial charge in [-0.15, -0.1) is 6.58 Å². The molecule has 3 heteroatoms. The van der Waals surface area contributed by atoms with Gasteiger partial charge in [0.05, 0.1) is 5.41 Å². The first kappa shape index (κ1) is 11.3. The van der Waals surface area contributed by atoms with Crippen LogP contribution < -0.4 is 0 Å². The number of aromatic hydroxyl groups is 1.